The lowest BCUT2D eigenvalue weighted by Crippen LogP contribution is -2.20. The number of ether oxygens (including phenoxy) is 1. The Hall–Kier alpha value is -0.600. The van der Waals surface area contributed by atoms with Crippen LogP contribution in [0.25, 0.3) is 0 Å². The lowest BCUT2D eigenvalue weighted by atomic mass is 10.2. The highest BCUT2D eigenvalue weighted by atomic mass is 16.5. The topological polar surface area (TPSA) is 29.5 Å². The molecule has 0 spiro atoms. The van der Waals surface area contributed by atoms with Crippen LogP contribution in [0.5, 0.6) is 0 Å². The zero-order chi connectivity index (χ0) is 8.69. The molecule has 0 aliphatic carbocycles. The minimum atomic E-state index is -0.245. The first-order valence-electron chi connectivity index (χ1n) is 3.74. The summed E-state index contributed by atoms with van der Waals surface area (Å²) in [4.78, 5) is 0. The Balaban J connectivity index is 3.60. The molecule has 1 unspecified atom stereocenters. The SMILES string of the molecule is C=CCC(C)O[C@H](C=C)CO. The van der Waals surface area contributed by atoms with Crippen molar-refractivity contribution < 1.29 is 9.84 Å². The van der Waals surface area contributed by atoms with Gasteiger partial charge in [-0.2, -0.15) is 0 Å². The van der Waals surface area contributed by atoms with Crippen molar-refractivity contribution in [3.05, 3.63) is 25.3 Å². The average Bonchev–Trinajstić information content (AvgIpc) is 2.01. The zero-order valence-electron chi connectivity index (χ0n) is 6.99. The molecule has 0 radical (unpaired) electrons. The Morgan fingerprint density at radius 2 is 2.18 bits per heavy atom. The molecule has 64 valence electrons. The second-order valence-electron chi connectivity index (χ2n) is 2.43. The summed E-state index contributed by atoms with van der Waals surface area (Å²) in [6.45, 7) is 9.05. The van der Waals surface area contributed by atoms with Gasteiger partial charge in [0.2, 0.25) is 0 Å². The second kappa shape index (κ2) is 6.13. The minimum Gasteiger partial charge on any atom is -0.393 e. The van der Waals surface area contributed by atoms with Crippen molar-refractivity contribution >= 4 is 0 Å². The summed E-state index contributed by atoms with van der Waals surface area (Å²) in [5.41, 5.74) is 0. The van der Waals surface area contributed by atoms with E-state index in [0.717, 1.165) is 6.42 Å². The first-order chi connectivity index (χ1) is 5.24. The maximum Gasteiger partial charge on any atom is 0.0987 e. The first-order valence-corrected chi connectivity index (χ1v) is 3.74. The predicted molar refractivity (Wildman–Crippen MR) is 46.4 cm³/mol. The smallest absolute Gasteiger partial charge is 0.0987 e. The van der Waals surface area contributed by atoms with E-state index in [0.29, 0.717) is 0 Å². The van der Waals surface area contributed by atoms with Crippen molar-refractivity contribution in [2.45, 2.75) is 25.6 Å². The molecule has 2 atom stereocenters. The summed E-state index contributed by atoms with van der Waals surface area (Å²) in [6.07, 6.45) is 4.04. The van der Waals surface area contributed by atoms with E-state index in [-0.39, 0.29) is 18.8 Å². The summed E-state index contributed by atoms with van der Waals surface area (Å²) in [5, 5.41) is 8.72. The Kier molecular flexibility index (Phi) is 5.80. The monoisotopic (exact) mass is 156 g/mol. The Labute approximate surface area is 68.2 Å². The largest absolute Gasteiger partial charge is 0.393 e. The van der Waals surface area contributed by atoms with E-state index >= 15 is 0 Å². The molecule has 0 aromatic heterocycles. The van der Waals surface area contributed by atoms with Gasteiger partial charge >= 0.3 is 0 Å². The molecule has 0 aliphatic rings. The van der Waals surface area contributed by atoms with Gasteiger partial charge in [0.15, 0.2) is 0 Å². The fourth-order valence-electron chi connectivity index (χ4n) is 0.762. The van der Waals surface area contributed by atoms with Crippen LogP contribution in [-0.4, -0.2) is 23.9 Å². The Bertz CT molecular complexity index is 121. The zero-order valence-corrected chi connectivity index (χ0v) is 6.99. The number of hydrogen-bond donors (Lipinski definition) is 1. The predicted octanol–water partition coefficient (Wildman–Crippen LogP) is 1.51. The van der Waals surface area contributed by atoms with Gasteiger partial charge < -0.3 is 9.84 Å². The van der Waals surface area contributed by atoms with Crippen LogP contribution < -0.4 is 0 Å². The van der Waals surface area contributed by atoms with Gasteiger partial charge in [-0.1, -0.05) is 12.2 Å². The van der Waals surface area contributed by atoms with Gasteiger partial charge in [0.05, 0.1) is 18.8 Å². The molecule has 2 heteroatoms. The van der Waals surface area contributed by atoms with E-state index in [2.05, 4.69) is 13.2 Å². The molecule has 0 aromatic carbocycles. The van der Waals surface area contributed by atoms with Crippen LogP contribution in [0.4, 0.5) is 0 Å². The van der Waals surface area contributed by atoms with E-state index in [1.165, 1.54) is 0 Å². The third kappa shape index (κ3) is 4.76. The highest BCUT2D eigenvalue weighted by Crippen LogP contribution is 2.02. The Morgan fingerprint density at radius 3 is 2.55 bits per heavy atom. The molecule has 11 heavy (non-hydrogen) atoms. The first kappa shape index (κ1) is 10.4. The molecule has 0 fully saturated rings. The summed E-state index contributed by atoms with van der Waals surface area (Å²) < 4.78 is 5.35. The van der Waals surface area contributed by atoms with Crippen molar-refractivity contribution in [2.24, 2.45) is 0 Å². The highest BCUT2D eigenvalue weighted by molar-refractivity contribution is 4.81. The molecule has 0 amide bonds. The van der Waals surface area contributed by atoms with Crippen LogP contribution in [0.15, 0.2) is 25.3 Å². The minimum absolute atomic E-state index is 0.00895. The van der Waals surface area contributed by atoms with Crippen LogP contribution in [0.2, 0.25) is 0 Å². The van der Waals surface area contributed by atoms with Crippen molar-refractivity contribution in [2.75, 3.05) is 6.61 Å². The summed E-state index contributed by atoms with van der Waals surface area (Å²) >= 11 is 0. The quantitative estimate of drug-likeness (QED) is 0.591. The van der Waals surface area contributed by atoms with Gasteiger partial charge in [-0.05, 0) is 13.3 Å². The number of rotatable bonds is 6. The fourth-order valence-corrected chi connectivity index (χ4v) is 0.762. The molecule has 0 bridgehead atoms. The third-order valence-electron chi connectivity index (χ3n) is 1.35. The average molecular weight is 156 g/mol. The molecular weight excluding hydrogens is 140 g/mol. The van der Waals surface area contributed by atoms with Crippen LogP contribution in [-0.2, 0) is 4.74 Å². The molecule has 0 rings (SSSR count). The molecule has 0 aromatic rings. The number of hydrogen-bond acceptors (Lipinski definition) is 2. The van der Waals surface area contributed by atoms with Crippen molar-refractivity contribution in [3.8, 4) is 0 Å². The van der Waals surface area contributed by atoms with Crippen molar-refractivity contribution in [1.82, 2.24) is 0 Å². The lowest BCUT2D eigenvalue weighted by molar-refractivity contribution is -0.00295. The summed E-state index contributed by atoms with van der Waals surface area (Å²) in [5.74, 6) is 0. The maximum atomic E-state index is 8.72. The normalized spacial score (nSPS) is 15.5. The van der Waals surface area contributed by atoms with Gasteiger partial charge in [-0.15, -0.1) is 13.2 Å². The molecule has 0 aliphatic heterocycles. The third-order valence-corrected chi connectivity index (χ3v) is 1.35. The number of aliphatic hydroxyl groups is 1. The van der Waals surface area contributed by atoms with Crippen LogP contribution in [0.1, 0.15) is 13.3 Å². The molecule has 0 saturated carbocycles. The highest BCUT2D eigenvalue weighted by Gasteiger charge is 2.06. The number of aliphatic hydroxyl groups excluding tert-OH is 1. The van der Waals surface area contributed by atoms with Crippen LogP contribution in [0, 0.1) is 0 Å². The van der Waals surface area contributed by atoms with Gasteiger partial charge in [0.25, 0.3) is 0 Å². The molecule has 0 saturated heterocycles. The van der Waals surface area contributed by atoms with Crippen molar-refractivity contribution in [1.29, 1.82) is 0 Å². The van der Waals surface area contributed by atoms with Gasteiger partial charge in [0, 0.05) is 0 Å². The fraction of sp³-hybridized carbons (Fsp3) is 0.556. The van der Waals surface area contributed by atoms with Gasteiger partial charge in [-0.3, -0.25) is 0 Å². The van der Waals surface area contributed by atoms with E-state index in [4.69, 9.17) is 9.84 Å². The molecule has 0 heterocycles. The van der Waals surface area contributed by atoms with Crippen LogP contribution >= 0.6 is 0 Å². The summed E-state index contributed by atoms with van der Waals surface area (Å²) in [7, 11) is 0. The standard InChI is InChI=1S/C9H16O2/c1-4-6-8(3)11-9(5-2)7-10/h4-5,8-10H,1-2,6-7H2,3H3/t8?,9-/m1/s1. The Morgan fingerprint density at radius 1 is 1.55 bits per heavy atom. The van der Waals surface area contributed by atoms with Crippen LogP contribution in [0.3, 0.4) is 0 Å². The summed E-state index contributed by atoms with van der Waals surface area (Å²) in [6, 6.07) is 0. The van der Waals surface area contributed by atoms with E-state index in [9.17, 15) is 0 Å². The van der Waals surface area contributed by atoms with Gasteiger partial charge in [-0.25, -0.2) is 0 Å². The molecular formula is C9H16O2. The van der Waals surface area contributed by atoms with E-state index in [1.807, 2.05) is 6.92 Å². The molecule has 2 nitrogen and oxygen atoms in total. The van der Waals surface area contributed by atoms with E-state index in [1.54, 1.807) is 12.2 Å². The van der Waals surface area contributed by atoms with Crippen molar-refractivity contribution in [3.63, 3.8) is 0 Å². The lowest BCUT2D eigenvalue weighted by Gasteiger charge is -2.16. The maximum absolute atomic E-state index is 8.72. The molecule has 1 N–H and O–H groups in total. The second-order valence-corrected chi connectivity index (χ2v) is 2.43. The van der Waals surface area contributed by atoms with E-state index < -0.39 is 0 Å². The van der Waals surface area contributed by atoms with Gasteiger partial charge in [0.1, 0.15) is 0 Å².